The lowest BCUT2D eigenvalue weighted by atomic mass is 10.2. The maximum atomic E-state index is 11.7. The molecule has 0 spiro atoms. The second kappa shape index (κ2) is 9.85. The van der Waals surface area contributed by atoms with Crippen LogP contribution in [0.5, 0.6) is 0 Å². The first-order valence-corrected chi connectivity index (χ1v) is 9.11. The van der Waals surface area contributed by atoms with Crippen molar-refractivity contribution in [3.8, 4) is 0 Å². The molecule has 1 amide bonds. The molecule has 1 saturated heterocycles. The number of nitrogens with one attached hydrogen (secondary N) is 1. The van der Waals surface area contributed by atoms with Crippen LogP contribution < -0.4 is 5.32 Å². The van der Waals surface area contributed by atoms with Gasteiger partial charge in [-0.25, -0.2) is 0 Å². The Morgan fingerprint density at radius 2 is 1.90 bits per heavy atom. The number of likely N-dealkylation sites (tertiary alicyclic amines) is 1. The number of hydrogen-bond acceptors (Lipinski definition) is 3. The Morgan fingerprint density at radius 1 is 1.14 bits per heavy atom. The number of benzene rings is 1. The Morgan fingerprint density at radius 3 is 2.67 bits per heavy atom. The van der Waals surface area contributed by atoms with Crippen LogP contribution in [0.2, 0.25) is 0 Å². The lowest BCUT2D eigenvalue weighted by molar-refractivity contribution is -0.118. The zero-order valence-electron chi connectivity index (χ0n) is 12.7. The average molecular weight is 306 g/mol. The van der Waals surface area contributed by atoms with Crippen LogP contribution in [0.25, 0.3) is 0 Å². The largest absolute Gasteiger partial charge is 0.355 e. The number of carbonyl (C=O) groups is 1. The second-order valence-corrected chi connectivity index (χ2v) is 6.57. The molecule has 1 fully saturated rings. The van der Waals surface area contributed by atoms with Crippen molar-refractivity contribution in [1.29, 1.82) is 0 Å². The van der Waals surface area contributed by atoms with Crippen molar-refractivity contribution in [2.24, 2.45) is 0 Å². The van der Waals surface area contributed by atoms with Gasteiger partial charge in [0.25, 0.3) is 0 Å². The fourth-order valence-corrected chi connectivity index (χ4v) is 3.40. The van der Waals surface area contributed by atoms with Crippen molar-refractivity contribution >= 4 is 17.7 Å². The molecular formula is C17H26N2OS. The molecule has 0 aliphatic carbocycles. The van der Waals surface area contributed by atoms with E-state index in [1.54, 1.807) is 11.8 Å². The van der Waals surface area contributed by atoms with Gasteiger partial charge in [0.05, 0.1) is 5.75 Å². The minimum absolute atomic E-state index is 0.164. The number of hydrogen-bond donors (Lipinski definition) is 1. The van der Waals surface area contributed by atoms with Crippen molar-refractivity contribution in [2.45, 2.75) is 31.4 Å². The Bertz CT molecular complexity index is 405. The van der Waals surface area contributed by atoms with Gasteiger partial charge in [-0.3, -0.25) is 4.79 Å². The minimum atomic E-state index is 0.164. The first-order chi connectivity index (χ1) is 10.3. The van der Waals surface area contributed by atoms with Crippen LogP contribution in [0, 0.1) is 0 Å². The Kier molecular flexibility index (Phi) is 7.68. The van der Waals surface area contributed by atoms with Gasteiger partial charge in [-0.05, 0) is 50.9 Å². The second-order valence-electron chi connectivity index (χ2n) is 5.58. The molecule has 116 valence electrons. The number of unbranched alkanes of at least 4 members (excludes halogenated alkanes) is 1. The molecule has 1 N–H and O–H groups in total. The molecule has 1 heterocycles. The zero-order chi connectivity index (χ0) is 14.8. The molecule has 1 aromatic rings. The molecule has 1 aromatic carbocycles. The van der Waals surface area contributed by atoms with Crippen molar-refractivity contribution < 1.29 is 4.79 Å². The fraction of sp³-hybridized carbons (Fsp3) is 0.588. The maximum Gasteiger partial charge on any atom is 0.230 e. The maximum absolute atomic E-state index is 11.7. The molecule has 1 aliphatic heterocycles. The number of carbonyl (C=O) groups excluding carboxylic acids is 1. The van der Waals surface area contributed by atoms with E-state index in [-0.39, 0.29) is 5.91 Å². The van der Waals surface area contributed by atoms with Gasteiger partial charge in [-0.1, -0.05) is 30.3 Å². The lowest BCUT2D eigenvalue weighted by Gasteiger charge is -2.13. The monoisotopic (exact) mass is 306 g/mol. The van der Waals surface area contributed by atoms with E-state index in [4.69, 9.17) is 0 Å². The molecule has 0 radical (unpaired) electrons. The van der Waals surface area contributed by atoms with Gasteiger partial charge in [0.15, 0.2) is 0 Å². The third kappa shape index (κ3) is 7.00. The fourth-order valence-electron chi connectivity index (χ4n) is 2.58. The number of amides is 1. The number of nitrogens with zero attached hydrogens (tertiary/aromatic N) is 1. The first kappa shape index (κ1) is 16.4. The number of rotatable bonds is 9. The van der Waals surface area contributed by atoms with Gasteiger partial charge in [0.1, 0.15) is 0 Å². The highest BCUT2D eigenvalue weighted by molar-refractivity contribution is 7.99. The summed E-state index contributed by atoms with van der Waals surface area (Å²) in [4.78, 5) is 14.2. The molecule has 0 unspecified atom stereocenters. The van der Waals surface area contributed by atoms with E-state index in [1.165, 1.54) is 44.5 Å². The van der Waals surface area contributed by atoms with Crippen LogP contribution >= 0.6 is 11.8 Å². The van der Waals surface area contributed by atoms with Crippen LogP contribution in [0.1, 0.15) is 31.2 Å². The van der Waals surface area contributed by atoms with Crippen molar-refractivity contribution in [3.05, 3.63) is 35.9 Å². The van der Waals surface area contributed by atoms with Crippen LogP contribution in [-0.2, 0) is 10.5 Å². The van der Waals surface area contributed by atoms with Gasteiger partial charge in [-0.15, -0.1) is 11.8 Å². The van der Waals surface area contributed by atoms with Crippen molar-refractivity contribution in [3.63, 3.8) is 0 Å². The quantitative estimate of drug-likeness (QED) is 0.712. The summed E-state index contributed by atoms with van der Waals surface area (Å²) in [5.41, 5.74) is 1.28. The van der Waals surface area contributed by atoms with Crippen LogP contribution in [0.4, 0.5) is 0 Å². The van der Waals surface area contributed by atoms with Crippen molar-refractivity contribution in [1.82, 2.24) is 10.2 Å². The molecular weight excluding hydrogens is 280 g/mol. The molecule has 4 heteroatoms. The Hall–Kier alpha value is -1.00. The third-order valence-electron chi connectivity index (χ3n) is 3.77. The smallest absolute Gasteiger partial charge is 0.230 e. The van der Waals surface area contributed by atoms with Gasteiger partial charge in [-0.2, -0.15) is 0 Å². The molecule has 2 rings (SSSR count). The molecule has 0 saturated carbocycles. The van der Waals surface area contributed by atoms with Gasteiger partial charge >= 0.3 is 0 Å². The lowest BCUT2D eigenvalue weighted by Crippen LogP contribution is -2.27. The van der Waals surface area contributed by atoms with E-state index in [9.17, 15) is 4.79 Å². The van der Waals surface area contributed by atoms with Crippen LogP contribution in [0.3, 0.4) is 0 Å². The summed E-state index contributed by atoms with van der Waals surface area (Å²) in [5.74, 6) is 1.63. The normalized spacial score (nSPS) is 15.2. The number of thioether (sulfide) groups is 1. The standard InChI is InChI=1S/C17H26N2OS/c20-17(15-21-14-16-8-2-1-3-9-16)18-10-4-5-11-19-12-6-7-13-19/h1-3,8-9H,4-7,10-15H2,(H,18,20). The Labute approximate surface area is 132 Å². The highest BCUT2D eigenvalue weighted by Gasteiger charge is 2.10. The average Bonchev–Trinajstić information content (AvgIpc) is 3.01. The SMILES string of the molecule is O=C(CSCc1ccccc1)NCCCCN1CCCC1. The highest BCUT2D eigenvalue weighted by Crippen LogP contribution is 2.11. The van der Waals surface area contributed by atoms with Crippen LogP contribution in [-0.4, -0.2) is 42.7 Å². The summed E-state index contributed by atoms with van der Waals surface area (Å²) in [7, 11) is 0. The van der Waals surface area contributed by atoms with E-state index in [0.29, 0.717) is 5.75 Å². The topological polar surface area (TPSA) is 32.3 Å². The summed E-state index contributed by atoms with van der Waals surface area (Å²) in [6.45, 7) is 4.54. The predicted octanol–water partition coefficient (Wildman–Crippen LogP) is 2.91. The van der Waals surface area contributed by atoms with E-state index in [1.807, 2.05) is 18.2 Å². The summed E-state index contributed by atoms with van der Waals surface area (Å²) in [6, 6.07) is 10.3. The summed E-state index contributed by atoms with van der Waals surface area (Å²) in [5, 5.41) is 3.02. The molecule has 21 heavy (non-hydrogen) atoms. The summed E-state index contributed by atoms with van der Waals surface area (Å²) in [6.07, 6.45) is 4.99. The van der Waals surface area contributed by atoms with E-state index in [0.717, 1.165) is 18.7 Å². The summed E-state index contributed by atoms with van der Waals surface area (Å²) >= 11 is 1.68. The predicted molar refractivity (Wildman–Crippen MR) is 90.5 cm³/mol. The van der Waals surface area contributed by atoms with Gasteiger partial charge < -0.3 is 10.2 Å². The highest BCUT2D eigenvalue weighted by atomic mass is 32.2. The van der Waals surface area contributed by atoms with Crippen LogP contribution in [0.15, 0.2) is 30.3 Å². The molecule has 0 aromatic heterocycles. The first-order valence-electron chi connectivity index (χ1n) is 7.95. The van der Waals surface area contributed by atoms with Gasteiger partial charge in [0, 0.05) is 12.3 Å². The molecule has 0 atom stereocenters. The van der Waals surface area contributed by atoms with Gasteiger partial charge in [0.2, 0.25) is 5.91 Å². The zero-order valence-corrected chi connectivity index (χ0v) is 13.5. The third-order valence-corrected chi connectivity index (χ3v) is 4.77. The van der Waals surface area contributed by atoms with E-state index >= 15 is 0 Å². The molecule has 3 nitrogen and oxygen atoms in total. The Balaban J connectivity index is 1.44. The molecule has 1 aliphatic rings. The minimum Gasteiger partial charge on any atom is -0.355 e. The van der Waals surface area contributed by atoms with E-state index < -0.39 is 0 Å². The molecule has 0 bridgehead atoms. The van der Waals surface area contributed by atoms with E-state index in [2.05, 4.69) is 22.3 Å². The van der Waals surface area contributed by atoms with Crippen molar-refractivity contribution in [2.75, 3.05) is 31.9 Å². The summed E-state index contributed by atoms with van der Waals surface area (Å²) < 4.78 is 0.